The first-order chi connectivity index (χ1) is 17.3. The number of ether oxygens (including phenoxy) is 2. The highest BCUT2D eigenvalue weighted by molar-refractivity contribution is 5.97. The Bertz CT molecular complexity index is 1520. The zero-order valence-electron chi connectivity index (χ0n) is 20.8. The number of nitrogens with zero attached hydrogens (tertiary/aromatic N) is 2. The highest BCUT2D eigenvalue weighted by atomic mass is 16.5. The number of hydrogen-bond donors (Lipinski definition) is 1. The lowest BCUT2D eigenvalue weighted by atomic mass is 9.91. The molecule has 3 aromatic carbocycles. The van der Waals surface area contributed by atoms with Crippen molar-refractivity contribution < 1.29 is 14.3 Å². The molecule has 0 spiro atoms. The predicted octanol–water partition coefficient (Wildman–Crippen LogP) is 3.01. The summed E-state index contributed by atoms with van der Waals surface area (Å²) in [6, 6.07) is 20.6. The minimum atomic E-state index is -0.435. The van der Waals surface area contributed by atoms with E-state index in [4.69, 9.17) is 9.47 Å². The first-order valence-corrected chi connectivity index (χ1v) is 11.6. The van der Waals surface area contributed by atoms with Crippen LogP contribution in [0.2, 0.25) is 0 Å². The van der Waals surface area contributed by atoms with E-state index in [1.165, 1.54) is 17.7 Å². The minimum absolute atomic E-state index is 0.0368. The van der Waals surface area contributed by atoms with Crippen molar-refractivity contribution in [3.8, 4) is 11.5 Å². The number of amides is 1. The highest BCUT2D eigenvalue weighted by Gasteiger charge is 2.18. The summed E-state index contributed by atoms with van der Waals surface area (Å²) in [5, 5.41) is 3.33. The van der Waals surface area contributed by atoms with Gasteiger partial charge in [0.1, 0.15) is 0 Å². The molecule has 8 heteroatoms. The molecule has 4 rings (SSSR count). The van der Waals surface area contributed by atoms with Gasteiger partial charge in [0, 0.05) is 32.1 Å². The molecular formula is C28H29N3O5. The van der Waals surface area contributed by atoms with Crippen LogP contribution in [0.3, 0.4) is 0 Å². The van der Waals surface area contributed by atoms with Crippen LogP contribution in [0.1, 0.15) is 27.4 Å². The molecule has 0 saturated carbocycles. The molecule has 0 fully saturated rings. The van der Waals surface area contributed by atoms with E-state index >= 15 is 0 Å². The molecule has 1 heterocycles. The lowest BCUT2D eigenvalue weighted by molar-refractivity contribution is 0.0951. The van der Waals surface area contributed by atoms with Gasteiger partial charge < -0.3 is 14.8 Å². The molecule has 1 aromatic heterocycles. The molecule has 0 radical (unpaired) electrons. The number of carbonyl (C=O) groups is 1. The maximum atomic E-state index is 13.1. The van der Waals surface area contributed by atoms with Crippen LogP contribution in [0.5, 0.6) is 11.5 Å². The Labute approximate surface area is 208 Å². The van der Waals surface area contributed by atoms with Crippen molar-refractivity contribution in [3.05, 3.63) is 104 Å². The van der Waals surface area contributed by atoms with Crippen molar-refractivity contribution in [3.63, 3.8) is 0 Å². The van der Waals surface area contributed by atoms with Gasteiger partial charge in [0.25, 0.3) is 11.5 Å². The van der Waals surface area contributed by atoms with Gasteiger partial charge in [0.2, 0.25) is 0 Å². The van der Waals surface area contributed by atoms with Gasteiger partial charge in [-0.05, 0) is 47.9 Å². The first-order valence-electron chi connectivity index (χ1n) is 11.6. The van der Waals surface area contributed by atoms with Gasteiger partial charge in [-0.3, -0.25) is 18.7 Å². The average Bonchev–Trinajstić information content (AvgIpc) is 2.92. The van der Waals surface area contributed by atoms with Crippen molar-refractivity contribution in [1.82, 2.24) is 14.5 Å². The number of aryl methyl sites for hydroxylation is 1. The minimum Gasteiger partial charge on any atom is -0.493 e. The second-order valence-corrected chi connectivity index (χ2v) is 8.65. The van der Waals surface area contributed by atoms with E-state index in [1.54, 1.807) is 33.4 Å². The van der Waals surface area contributed by atoms with Crippen LogP contribution in [-0.4, -0.2) is 35.8 Å². The summed E-state index contributed by atoms with van der Waals surface area (Å²) in [6.07, 6.45) is 0.705. The standard InChI is InChI=1S/C28H29N3O5/c1-30-23-12-10-20(15-22(23)27(33)31(2)28(30)34)26(32)29-17-21(14-18-8-6-5-7-9-18)19-11-13-24(35-3)25(16-19)36-4/h5-13,15-16,21H,14,17H2,1-4H3,(H,29,32). The largest absolute Gasteiger partial charge is 0.493 e. The van der Waals surface area contributed by atoms with Crippen LogP contribution in [0.15, 0.2) is 76.3 Å². The fourth-order valence-corrected chi connectivity index (χ4v) is 4.37. The number of benzene rings is 3. The Balaban J connectivity index is 1.62. The molecule has 0 aliphatic carbocycles. The van der Waals surface area contributed by atoms with Crippen molar-refractivity contribution in [2.24, 2.45) is 14.1 Å². The first kappa shape index (κ1) is 24.8. The Kier molecular flexibility index (Phi) is 7.24. The Hall–Kier alpha value is -4.33. The average molecular weight is 488 g/mol. The third-order valence-corrected chi connectivity index (χ3v) is 6.44. The van der Waals surface area contributed by atoms with Gasteiger partial charge in [-0.2, -0.15) is 0 Å². The van der Waals surface area contributed by atoms with Gasteiger partial charge in [-0.15, -0.1) is 0 Å². The number of rotatable bonds is 8. The number of aromatic nitrogens is 2. The Morgan fingerprint density at radius 2 is 1.61 bits per heavy atom. The molecular weight excluding hydrogens is 458 g/mol. The predicted molar refractivity (Wildman–Crippen MR) is 139 cm³/mol. The maximum absolute atomic E-state index is 13.1. The second kappa shape index (κ2) is 10.5. The third kappa shape index (κ3) is 4.88. The molecule has 1 atom stereocenters. The Morgan fingerprint density at radius 1 is 0.889 bits per heavy atom. The monoisotopic (exact) mass is 487 g/mol. The molecule has 0 aliphatic heterocycles. The van der Waals surface area contributed by atoms with Gasteiger partial charge in [-0.25, -0.2) is 4.79 Å². The smallest absolute Gasteiger partial charge is 0.330 e. The molecule has 1 unspecified atom stereocenters. The summed E-state index contributed by atoms with van der Waals surface area (Å²) in [6.45, 7) is 0.368. The molecule has 0 bridgehead atoms. The van der Waals surface area contributed by atoms with Crippen molar-refractivity contribution in [1.29, 1.82) is 0 Å². The van der Waals surface area contributed by atoms with E-state index in [-0.39, 0.29) is 11.8 Å². The molecule has 36 heavy (non-hydrogen) atoms. The lowest BCUT2D eigenvalue weighted by Crippen LogP contribution is -2.37. The molecule has 8 nitrogen and oxygen atoms in total. The van der Waals surface area contributed by atoms with E-state index < -0.39 is 11.2 Å². The van der Waals surface area contributed by atoms with Crippen molar-refractivity contribution >= 4 is 16.8 Å². The lowest BCUT2D eigenvalue weighted by Gasteiger charge is -2.20. The number of methoxy groups -OCH3 is 2. The zero-order valence-corrected chi connectivity index (χ0v) is 20.8. The van der Waals surface area contributed by atoms with E-state index in [2.05, 4.69) is 17.4 Å². The van der Waals surface area contributed by atoms with Crippen LogP contribution < -0.4 is 26.0 Å². The molecule has 0 saturated heterocycles. The van der Waals surface area contributed by atoms with E-state index in [0.717, 1.165) is 15.7 Å². The quantitative estimate of drug-likeness (QED) is 0.413. The zero-order chi connectivity index (χ0) is 25.8. The van der Waals surface area contributed by atoms with Crippen LogP contribution in [-0.2, 0) is 20.5 Å². The van der Waals surface area contributed by atoms with E-state index in [0.29, 0.717) is 40.9 Å². The maximum Gasteiger partial charge on any atom is 0.330 e. The topological polar surface area (TPSA) is 91.6 Å². The molecule has 1 amide bonds. The van der Waals surface area contributed by atoms with Crippen LogP contribution in [0.4, 0.5) is 0 Å². The van der Waals surface area contributed by atoms with E-state index in [9.17, 15) is 14.4 Å². The molecule has 0 aliphatic rings. The number of nitrogens with one attached hydrogen (secondary N) is 1. The van der Waals surface area contributed by atoms with Crippen LogP contribution in [0, 0.1) is 0 Å². The number of fused-ring (bicyclic) bond motifs is 1. The molecule has 4 aromatic rings. The summed E-state index contributed by atoms with van der Waals surface area (Å²) in [5.41, 5.74) is 2.12. The summed E-state index contributed by atoms with van der Waals surface area (Å²) in [7, 11) is 6.21. The fraction of sp³-hybridized carbons (Fsp3) is 0.250. The second-order valence-electron chi connectivity index (χ2n) is 8.65. The van der Waals surface area contributed by atoms with Crippen molar-refractivity contribution in [2.75, 3.05) is 20.8 Å². The third-order valence-electron chi connectivity index (χ3n) is 6.44. The summed E-state index contributed by atoms with van der Waals surface area (Å²) in [4.78, 5) is 38.0. The van der Waals surface area contributed by atoms with Gasteiger partial charge in [-0.1, -0.05) is 36.4 Å². The van der Waals surface area contributed by atoms with Gasteiger partial charge >= 0.3 is 5.69 Å². The van der Waals surface area contributed by atoms with Crippen LogP contribution in [0.25, 0.3) is 10.9 Å². The molecule has 186 valence electrons. The highest BCUT2D eigenvalue weighted by Crippen LogP contribution is 2.32. The van der Waals surface area contributed by atoms with Gasteiger partial charge in [0.15, 0.2) is 11.5 Å². The number of hydrogen-bond acceptors (Lipinski definition) is 5. The van der Waals surface area contributed by atoms with Gasteiger partial charge in [0.05, 0.1) is 25.1 Å². The molecule has 1 N–H and O–H groups in total. The summed E-state index contributed by atoms with van der Waals surface area (Å²) < 4.78 is 13.3. The SMILES string of the molecule is COc1ccc(C(CNC(=O)c2ccc3c(c2)c(=O)n(C)c(=O)n3C)Cc2ccccc2)cc1OC. The van der Waals surface area contributed by atoms with Crippen molar-refractivity contribution in [2.45, 2.75) is 12.3 Å². The summed E-state index contributed by atoms with van der Waals surface area (Å²) >= 11 is 0. The van der Waals surface area contributed by atoms with Crippen LogP contribution >= 0.6 is 0 Å². The van der Waals surface area contributed by atoms with E-state index in [1.807, 2.05) is 36.4 Å². The summed E-state index contributed by atoms with van der Waals surface area (Å²) in [5.74, 6) is 0.919. The Morgan fingerprint density at radius 3 is 2.31 bits per heavy atom. The number of carbonyl (C=O) groups excluding carboxylic acids is 1. The normalized spacial score (nSPS) is 11.8. The fourth-order valence-electron chi connectivity index (χ4n) is 4.37.